The van der Waals surface area contributed by atoms with E-state index in [1.807, 2.05) is 28.5 Å². The second-order valence-corrected chi connectivity index (χ2v) is 7.64. The minimum atomic E-state index is -0.187. The van der Waals surface area contributed by atoms with Gasteiger partial charge in [-0.3, -0.25) is 4.79 Å². The van der Waals surface area contributed by atoms with Crippen LogP contribution in [0.15, 0.2) is 48.0 Å². The third kappa shape index (κ3) is 3.53. The van der Waals surface area contributed by atoms with Gasteiger partial charge in [-0.25, -0.2) is 4.98 Å². The third-order valence-corrected chi connectivity index (χ3v) is 6.06. The molecule has 6 nitrogen and oxygen atoms in total. The fourth-order valence-electron chi connectivity index (χ4n) is 3.71. The van der Waals surface area contributed by atoms with Crippen LogP contribution in [0.1, 0.15) is 32.4 Å². The van der Waals surface area contributed by atoms with Crippen LogP contribution >= 0.6 is 11.3 Å². The molecule has 2 aromatic heterocycles. The lowest BCUT2D eigenvalue weighted by atomic mass is 9.90. The van der Waals surface area contributed by atoms with E-state index in [9.17, 15) is 4.79 Å². The molecular weight excluding hydrogens is 388 g/mol. The number of aromatic nitrogens is 1. The van der Waals surface area contributed by atoms with Crippen LogP contribution < -0.4 is 14.2 Å². The number of nitrogens with zero attached hydrogens (tertiary/aromatic N) is 2. The van der Waals surface area contributed by atoms with Crippen molar-refractivity contribution in [3.63, 3.8) is 0 Å². The molecule has 150 valence electrons. The molecule has 1 aliphatic rings. The summed E-state index contributed by atoms with van der Waals surface area (Å²) in [6.45, 7) is 0.607. The highest BCUT2D eigenvalue weighted by Crippen LogP contribution is 2.42. The standard InChI is InChI=1S/C22H22N2O4S/c1-26-17-11-14-8-9-24(22(25)15-6-7-20(28-3)23-13-15)21(19-5-4-10-29-19)16(14)12-18(17)27-2/h4-7,10-13,21H,8-9H2,1-3H3. The number of carbonyl (C=O) groups excluding carboxylic acids is 1. The van der Waals surface area contributed by atoms with Gasteiger partial charge in [-0.05, 0) is 47.2 Å². The zero-order valence-electron chi connectivity index (χ0n) is 16.5. The first-order valence-electron chi connectivity index (χ1n) is 9.25. The van der Waals surface area contributed by atoms with Crippen molar-refractivity contribution in [1.29, 1.82) is 0 Å². The molecule has 29 heavy (non-hydrogen) atoms. The van der Waals surface area contributed by atoms with Crippen molar-refractivity contribution in [2.45, 2.75) is 12.5 Å². The maximum Gasteiger partial charge on any atom is 0.256 e. The van der Waals surface area contributed by atoms with Gasteiger partial charge < -0.3 is 19.1 Å². The molecule has 3 heterocycles. The fraction of sp³-hybridized carbons (Fsp3) is 0.273. The molecule has 1 unspecified atom stereocenters. The number of pyridine rings is 1. The Labute approximate surface area is 173 Å². The molecule has 0 fully saturated rings. The first-order chi connectivity index (χ1) is 14.2. The Morgan fingerprint density at radius 3 is 2.52 bits per heavy atom. The molecule has 0 spiro atoms. The van der Waals surface area contributed by atoms with Crippen LogP contribution in [0, 0.1) is 0 Å². The minimum absolute atomic E-state index is 0.0565. The van der Waals surface area contributed by atoms with Crippen molar-refractivity contribution in [3.8, 4) is 17.4 Å². The normalized spacial score (nSPS) is 15.6. The first kappa shape index (κ1) is 19.3. The van der Waals surface area contributed by atoms with Gasteiger partial charge in [0.2, 0.25) is 5.88 Å². The number of hydrogen-bond acceptors (Lipinski definition) is 6. The Hall–Kier alpha value is -3.06. The van der Waals surface area contributed by atoms with E-state index in [0.717, 1.165) is 22.4 Å². The largest absolute Gasteiger partial charge is 0.493 e. The van der Waals surface area contributed by atoms with Crippen molar-refractivity contribution >= 4 is 17.2 Å². The van der Waals surface area contributed by atoms with Gasteiger partial charge >= 0.3 is 0 Å². The number of fused-ring (bicyclic) bond motifs is 1. The summed E-state index contributed by atoms with van der Waals surface area (Å²) in [5, 5.41) is 2.03. The lowest BCUT2D eigenvalue weighted by molar-refractivity contribution is 0.0696. The van der Waals surface area contributed by atoms with E-state index < -0.39 is 0 Å². The summed E-state index contributed by atoms with van der Waals surface area (Å²) >= 11 is 1.64. The van der Waals surface area contributed by atoms with Crippen LogP contribution in [0.25, 0.3) is 0 Å². The average molecular weight is 410 g/mol. The quantitative estimate of drug-likeness (QED) is 0.637. The molecule has 1 atom stereocenters. The maximum atomic E-state index is 13.4. The molecular formula is C22H22N2O4S. The SMILES string of the molecule is COc1ccc(C(=O)N2CCc3cc(OC)c(OC)cc3C2c2cccs2)cn1. The van der Waals surface area contributed by atoms with E-state index in [0.29, 0.717) is 29.5 Å². The summed E-state index contributed by atoms with van der Waals surface area (Å²) in [5.41, 5.74) is 2.76. The molecule has 4 rings (SSSR count). The number of benzene rings is 1. The molecule has 3 aromatic rings. The van der Waals surface area contributed by atoms with Crippen LogP contribution in [0.5, 0.6) is 17.4 Å². The fourth-order valence-corrected chi connectivity index (χ4v) is 4.57. The number of amides is 1. The number of carbonyl (C=O) groups is 1. The number of ether oxygens (including phenoxy) is 3. The van der Waals surface area contributed by atoms with Gasteiger partial charge in [0, 0.05) is 23.7 Å². The van der Waals surface area contributed by atoms with E-state index in [1.54, 1.807) is 51.0 Å². The summed E-state index contributed by atoms with van der Waals surface area (Å²) in [6.07, 6.45) is 2.31. The summed E-state index contributed by atoms with van der Waals surface area (Å²) in [5.74, 6) is 1.79. The maximum absolute atomic E-state index is 13.4. The highest BCUT2D eigenvalue weighted by Gasteiger charge is 2.34. The van der Waals surface area contributed by atoms with E-state index in [4.69, 9.17) is 14.2 Å². The van der Waals surface area contributed by atoms with Crippen molar-refractivity contribution < 1.29 is 19.0 Å². The summed E-state index contributed by atoms with van der Waals surface area (Å²) in [6, 6.07) is 11.4. The van der Waals surface area contributed by atoms with Crippen LogP contribution in [-0.4, -0.2) is 43.7 Å². The van der Waals surface area contributed by atoms with E-state index in [1.165, 1.54) is 0 Å². The van der Waals surface area contributed by atoms with E-state index in [2.05, 4.69) is 11.1 Å². The van der Waals surface area contributed by atoms with Gasteiger partial charge in [-0.1, -0.05) is 6.07 Å². The second kappa shape index (κ2) is 8.13. The number of rotatable bonds is 5. The van der Waals surface area contributed by atoms with Gasteiger partial charge in [0.1, 0.15) is 0 Å². The molecule has 0 saturated carbocycles. The summed E-state index contributed by atoms with van der Waals surface area (Å²) in [7, 11) is 4.81. The lowest BCUT2D eigenvalue weighted by Crippen LogP contribution is -2.40. The van der Waals surface area contributed by atoms with Crippen molar-refractivity contribution in [2.24, 2.45) is 0 Å². The van der Waals surface area contributed by atoms with Crippen LogP contribution in [-0.2, 0) is 6.42 Å². The second-order valence-electron chi connectivity index (χ2n) is 6.66. The zero-order valence-corrected chi connectivity index (χ0v) is 17.4. The lowest BCUT2D eigenvalue weighted by Gasteiger charge is -2.37. The number of hydrogen-bond donors (Lipinski definition) is 0. The molecule has 0 aliphatic carbocycles. The highest BCUT2D eigenvalue weighted by atomic mass is 32.1. The number of thiophene rings is 1. The molecule has 1 aromatic carbocycles. The van der Waals surface area contributed by atoms with E-state index >= 15 is 0 Å². The monoisotopic (exact) mass is 410 g/mol. The van der Waals surface area contributed by atoms with Crippen molar-refractivity contribution in [2.75, 3.05) is 27.9 Å². The Morgan fingerprint density at radius 2 is 1.90 bits per heavy atom. The topological polar surface area (TPSA) is 60.9 Å². The smallest absolute Gasteiger partial charge is 0.256 e. The van der Waals surface area contributed by atoms with Crippen LogP contribution in [0.4, 0.5) is 0 Å². The molecule has 0 N–H and O–H groups in total. The summed E-state index contributed by atoms with van der Waals surface area (Å²) in [4.78, 5) is 20.6. The van der Waals surface area contributed by atoms with Gasteiger partial charge in [0.05, 0.1) is 32.9 Å². The Kier molecular flexibility index (Phi) is 5.40. The van der Waals surface area contributed by atoms with E-state index in [-0.39, 0.29) is 11.9 Å². The molecule has 7 heteroatoms. The van der Waals surface area contributed by atoms with Gasteiger partial charge in [0.15, 0.2) is 11.5 Å². The molecule has 0 saturated heterocycles. The molecule has 0 radical (unpaired) electrons. The van der Waals surface area contributed by atoms with Gasteiger partial charge in [-0.15, -0.1) is 11.3 Å². The van der Waals surface area contributed by atoms with Crippen LogP contribution in [0.2, 0.25) is 0 Å². The Bertz CT molecular complexity index is 1000. The molecule has 1 amide bonds. The molecule has 1 aliphatic heterocycles. The van der Waals surface area contributed by atoms with Gasteiger partial charge in [-0.2, -0.15) is 0 Å². The minimum Gasteiger partial charge on any atom is -0.493 e. The Balaban J connectivity index is 1.78. The third-order valence-electron chi connectivity index (χ3n) is 5.14. The van der Waals surface area contributed by atoms with Gasteiger partial charge in [0.25, 0.3) is 5.91 Å². The predicted octanol–water partition coefficient (Wildman–Crippen LogP) is 3.96. The average Bonchev–Trinajstić information content (AvgIpc) is 3.31. The van der Waals surface area contributed by atoms with Crippen molar-refractivity contribution in [3.05, 3.63) is 69.5 Å². The zero-order chi connectivity index (χ0) is 20.4. The molecule has 0 bridgehead atoms. The summed E-state index contributed by atoms with van der Waals surface area (Å²) < 4.78 is 16.1. The first-order valence-corrected chi connectivity index (χ1v) is 10.1. The van der Waals surface area contributed by atoms with Crippen molar-refractivity contribution in [1.82, 2.24) is 9.88 Å². The predicted molar refractivity (Wildman–Crippen MR) is 111 cm³/mol. The van der Waals surface area contributed by atoms with Crippen LogP contribution in [0.3, 0.4) is 0 Å². The highest BCUT2D eigenvalue weighted by molar-refractivity contribution is 7.10. The Morgan fingerprint density at radius 1 is 1.10 bits per heavy atom. The number of methoxy groups -OCH3 is 3.